The van der Waals surface area contributed by atoms with Crippen molar-refractivity contribution in [3.05, 3.63) is 36.8 Å². The third-order valence-corrected chi connectivity index (χ3v) is 4.38. The van der Waals surface area contributed by atoms with Crippen molar-refractivity contribution in [2.24, 2.45) is 0 Å². The minimum atomic E-state index is -3.46. The van der Waals surface area contributed by atoms with Crippen LogP contribution in [-0.2, 0) is 10.0 Å². The molecule has 0 atom stereocenters. The Kier molecular flexibility index (Phi) is 5.32. The molecule has 0 aliphatic rings. The molecule has 0 amide bonds. The number of unbranched alkanes of at least 4 members (excludes halogenated alkanes) is 1. The molecule has 0 aromatic carbocycles. The SMILES string of the molecule is C=CCCCS(=O)(=O)Nc1cc(C)nn1-c1cc(NC)ncn1. The first-order valence-corrected chi connectivity index (χ1v) is 8.78. The summed E-state index contributed by atoms with van der Waals surface area (Å²) < 4.78 is 28.3. The van der Waals surface area contributed by atoms with E-state index in [1.807, 2.05) is 0 Å². The predicted octanol–water partition coefficient (Wildman–Crippen LogP) is 1.72. The Bertz CT molecular complexity index is 784. The van der Waals surface area contributed by atoms with Crippen molar-refractivity contribution in [3.8, 4) is 5.82 Å². The second kappa shape index (κ2) is 7.23. The van der Waals surface area contributed by atoms with Crippen LogP contribution in [0.1, 0.15) is 18.5 Å². The van der Waals surface area contributed by atoms with E-state index in [4.69, 9.17) is 0 Å². The molecular weight excluding hydrogens is 316 g/mol. The van der Waals surface area contributed by atoms with Crippen molar-refractivity contribution in [3.63, 3.8) is 0 Å². The summed E-state index contributed by atoms with van der Waals surface area (Å²) in [5, 5.41) is 7.20. The van der Waals surface area contributed by atoms with Crippen LogP contribution >= 0.6 is 0 Å². The zero-order valence-electron chi connectivity index (χ0n) is 13.2. The van der Waals surface area contributed by atoms with Crippen LogP contribution < -0.4 is 10.0 Å². The van der Waals surface area contributed by atoms with Crippen LogP contribution in [0.25, 0.3) is 5.82 Å². The van der Waals surface area contributed by atoms with E-state index in [9.17, 15) is 8.42 Å². The summed E-state index contributed by atoms with van der Waals surface area (Å²) in [6.07, 6.45) is 4.25. The summed E-state index contributed by atoms with van der Waals surface area (Å²) in [6, 6.07) is 3.34. The molecule has 2 aromatic rings. The molecule has 23 heavy (non-hydrogen) atoms. The molecule has 2 aromatic heterocycles. The second-order valence-corrected chi connectivity index (χ2v) is 6.79. The molecule has 0 unspecified atom stereocenters. The lowest BCUT2D eigenvalue weighted by molar-refractivity contribution is 0.598. The van der Waals surface area contributed by atoms with Crippen molar-refractivity contribution in [1.82, 2.24) is 19.7 Å². The Morgan fingerprint density at radius 3 is 2.83 bits per heavy atom. The molecule has 0 radical (unpaired) electrons. The zero-order valence-corrected chi connectivity index (χ0v) is 14.0. The van der Waals surface area contributed by atoms with Gasteiger partial charge in [0.1, 0.15) is 18.0 Å². The number of hydrogen-bond donors (Lipinski definition) is 2. The highest BCUT2D eigenvalue weighted by atomic mass is 32.2. The first kappa shape index (κ1) is 16.9. The number of aromatic nitrogens is 4. The van der Waals surface area contributed by atoms with Gasteiger partial charge < -0.3 is 5.32 Å². The van der Waals surface area contributed by atoms with Gasteiger partial charge in [0.15, 0.2) is 5.82 Å². The van der Waals surface area contributed by atoms with Crippen molar-refractivity contribution >= 4 is 21.7 Å². The fraction of sp³-hybridized carbons (Fsp3) is 0.357. The standard InChI is InChI=1S/C14H20N6O2S/c1-4-5-6-7-23(21,22)19-14-8-11(2)18-20(14)13-9-12(15-3)16-10-17-13/h4,8-10,19H,1,5-7H2,2-3H3,(H,15,16,17). The van der Waals surface area contributed by atoms with Gasteiger partial charge in [0.05, 0.1) is 11.4 Å². The second-order valence-electron chi connectivity index (χ2n) is 4.95. The summed E-state index contributed by atoms with van der Waals surface area (Å²) in [5.74, 6) is 1.46. The van der Waals surface area contributed by atoms with Crippen molar-refractivity contribution < 1.29 is 8.42 Å². The van der Waals surface area contributed by atoms with Crippen molar-refractivity contribution in [1.29, 1.82) is 0 Å². The molecule has 0 aliphatic carbocycles. The Labute approximate surface area is 135 Å². The molecule has 0 saturated carbocycles. The highest BCUT2D eigenvalue weighted by Crippen LogP contribution is 2.18. The van der Waals surface area contributed by atoms with E-state index in [1.165, 1.54) is 11.0 Å². The maximum absolute atomic E-state index is 12.2. The number of aryl methyl sites for hydroxylation is 1. The predicted molar refractivity (Wildman–Crippen MR) is 90.3 cm³/mol. The number of anilines is 2. The van der Waals surface area contributed by atoms with Gasteiger partial charge >= 0.3 is 0 Å². The van der Waals surface area contributed by atoms with E-state index in [0.29, 0.717) is 36.0 Å². The number of hydrogen-bond acceptors (Lipinski definition) is 6. The lowest BCUT2D eigenvalue weighted by Gasteiger charge is -2.10. The smallest absolute Gasteiger partial charge is 0.233 e. The minimum absolute atomic E-state index is 0.0226. The van der Waals surface area contributed by atoms with Gasteiger partial charge in [-0.05, 0) is 19.8 Å². The maximum Gasteiger partial charge on any atom is 0.233 e. The summed E-state index contributed by atoms with van der Waals surface area (Å²) in [6.45, 7) is 5.37. The Morgan fingerprint density at radius 1 is 1.35 bits per heavy atom. The van der Waals surface area contributed by atoms with E-state index >= 15 is 0 Å². The molecule has 0 fully saturated rings. The number of allylic oxidation sites excluding steroid dienone is 1. The average Bonchev–Trinajstić information content (AvgIpc) is 2.87. The van der Waals surface area contributed by atoms with Crippen LogP contribution in [0, 0.1) is 6.92 Å². The maximum atomic E-state index is 12.2. The summed E-state index contributed by atoms with van der Waals surface area (Å²) in [7, 11) is -1.72. The number of nitrogens with one attached hydrogen (secondary N) is 2. The summed E-state index contributed by atoms with van der Waals surface area (Å²) in [5.41, 5.74) is 0.679. The molecule has 2 rings (SSSR count). The first-order valence-electron chi connectivity index (χ1n) is 7.13. The van der Waals surface area contributed by atoms with Gasteiger partial charge in [-0.25, -0.2) is 18.4 Å². The van der Waals surface area contributed by atoms with Crippen LogP contribution in [0.15, 0.2) is 31.1 Å². The van der Waals surface area contributed by atoms with E-state index in [-0.39, 0.29) is 5.75 Å². The van der Waals surface area contributed by atoms with Crippen LogP contribution in [0.2, 0.25) is 0 Å². The lowest BCUT2D eigenvalue weighted by atomic mass is 10.3. The highest BCUT2D eigenvalue weighted by Gasteiger charge is 2.16. The normalized spacial score (nSPS) is 11.2. The fourth-order valence-corrected chi connectivity index (χ4v) is 3.09. The molecule has 0 bridgehead atoms. The topological polar surface area (TPSA) is 102 Å². The van der Waals surface area contributed by atoms with E-state index in [2.05, 4.69) is 31.7 Å². The fourth-order valence-electron chi connectivity index (χ4n) is 1.97. The van der Waals surface area contributed by atoms with E-state index in [1.54, 1.807) is 32.2 Å². The molecule has 2 N–H and O–H groups in total. The average molecular weight is 336 g/mol. The van der Waals surface area contributed by atoms with Gasteiger partial charge in [-0.15, -0.1) is 6.58 Å². The van der Waals surface area contributed by atoms with Gasteiger partial charge in [-0.2, -0.15) is 9.78 Å². The number of sulfonamides is 1. The molecular formula is C14H20N6O2S. The van der Waals surface area contributed by atoms with E-state index < -0.39 is 10.0 Å². The number of rotatable bonds is 8. The van der Waals surface area contributed by atoms with Gasteiger partial charge in [-0.3, -0.25) is 4.72 Å². The Hall–Kier alpha value is -2.42. The molecule has 0 saturated heterocycles. The third-order valence-electron chi connectivity index (χ3n) is 3.04. The number of nitrogens with zero attached hydrogens (tertiary/aromatic N) is 4. The molecule has 124 valence electrons. The molecule has 0 aliphatic heterocycles. The summed E-state index contributed by atoms with van der Waals surface area (Å²) in [4.78, 5) is 8.17. The highest BCUT2D eigenvalue weighted by molar-refractivity contribution is 7.92. The van der Waals surface area contributed by atoms with Crippen molar-refractivity contribution in [2.45, 2.75) is 19.8 Å². The largest absolute Gasteiger partial charge is 0.373 e. The molecule has 9 heteroatoms. The van der Waals surface area contributed by atoms with Crippen molar-refractivity contribution in [2.75, 3.05) is 22.8 Å². The quantitative estimate of drug-likeness (QED) is 0.562. The van der Waals surface area contributed by atoms with Crippen LogP contribution in [0.5, 0.6) is 0 Å². The van der Waals surface area contributed by atoms with E-state index in [0.717, 1.165) is 0 Å². The zero-order chi connectivity index (χ0) is 16.9. The van der Waals surface area contributed by atoms with Crippen LogP contribution in [0.3, 0.4) is 0 Å². The van der Waals surface area contributed by atoms with Gasteiger partial charge in [0.25, 0.3) is 0 Å². The molecule has 0 spiro atoms. The monoisotopic (exact) mass is 336 g/mol. The van der Waals surface area contributed by atoms with Crippen LogP contribution in [0.4, 0.5) is 11.6 Å². The molecule has 2 heterocycles. The first-order chi connectivity index (χ1) is 10.9. The Balaban J connectivity index is 2.28. The van der Waals surface area contributed by atoms with Crippen LogP contribution in [-0.4, -0.2) is 41.0 Å². The third kappa shape index (κ3) is 4.52. The lowest BCUT2D eigenvalue weighted by Crippen LogP contribution is -2.19. The van der Waals surface area contributed by atoms with Gasteiger partial charge in [-0.1, -0.05) is 6.08 Å². The minimum Gasteiger partial charge on any atom is -0.373 e. The van der Waals surface area contributed by atoms with Gasteiger partial charge in [0, 0.05) is 19.2 Å². The Morgan fingerprint density at radius 2 is 2.13 bits per heavy atom. The van der Waals surface area contributed by atoms with Gasteiger partial charge in [0.2, 0.25) is 10.0 Å². The summed E-state index contributed by atoms with van der Waals surface area (Å²) >= 11 is 0. The molecule has 8 nitrogen and oxygen atoms in total.